The van der Waals surface area contributed by atoms with E-state index in [-0.39, 0.29) is 5.69 Å². The third kappa shape index (κ3) is 3.24. The van der Waals surface area contributed by atoms with Gasteiger partial charge in [0.15, 0.2) is 0 Å². The summed E-state index contributed by atoms with van der Waals surface area (Å²) in [6, 6.07) is 6.57. The van der Waals surface area contributed by atoms with Crippen molar-refractivity contribution in [2.24, 2.45) is 0 Å². The molecule has 0 amide bonds. The van der Waals surface area contributed by atoms with Gasteiger partial charge in [0, 0.05) is 33.9 Å². The summed E-state index contributed by atoms with van der Waals surface area (Å²) in [7, 11) is 1.91. The van der Waals surface area contributed by atoms with E-state index < -0.39 is 4.92 Å². The van der Waals surface area contributed by atoms with E-state index in [1.54, 1.807) is 17.4 Å². The van der Waals surface area contributed by atoms with Crippen LogP contribution in [-0.2, 0) is 6.54 Å². The van der Waals surface area contributed by atoms with Gasteiger partial charge >= 0.3 is 0 Å². The quantitative estimate of drug-likeness (QED) is 0.523. The van der Waals surface area contributed by atoms with Crippen LogP contribution < -0.4 is 10.6 Å². The maximum atomic E-state index is 10.7. The number of non-ortho nitro benzene ring substituents is 1. The number of rotatable bonds is 4. The Labute approximate surface area is 122 Å². The number of nitro groups is 1. The number of benzene rings is 1. The lowest BCUT2D eigenvalue weighted by molar-refractivity contribution is -0.384. The van der Waals surface area contributed by atoms with Crippen molar-refractivity contribution < 1.29 is 4.92 Å². The van der Waals surface area contributed by atoms with Gasteiger partial charge in [-0.25, -0.2) is 0 Å². The predicted octanol–water partition coefficient (Wildman–Crippen LogP) is 3.64. The summed E-state index contributed by atoms with van der Waals surface area (Å²) in [6.07, 6.45) is 0. The van der Waals surface area contributed by atoms with Crippen LogP contribution >= 0.6 is 27.3 Å². The second kappa shape index (κ2) is 5.58. The molecule has 2 aromatic rings. The monoisotopic (exact) mass is 341 g/mol. The largest absolute Gasteiger partial charge is 0.397 e. The summed E-state index contributed by atoms with van der Waals surface area (Å²) < 4.78 is 1.05. The zero-order valence-corrected chi connectivity index (χ0v) is 12.6. The van der Waals surface area contributed by atoms with E-state index in [9.17, 15) is 10.1 Å². The lowest BCUT2D eigenvalue weighted by Crippen LogP contribution is -2.17. The Morgan fingerprint density at radius 2 is 2.21 bits per heavy atom. The first-order valence-corrected chi connectivity index (χ1v) is 7.12. The van der Waals surface area contributed by atoms with Gasteiger partial charge in [0.05, 0.1) is 22.8 Å². The van der Waals surface area contributed by atoms with E-state index in [2.05, 4.69) is 15.9 Å². The van der Waals surface area contributed by atoms with E-state index in [4.69, 9.17) is 5.73 Å². The summed E-state index contributed by atoms with van der Waals surface area (Å²) in [6.45, 7) is 0.707. The van der Waals surface area contributed by atoms with Crippen LogP contribution in [0.25, 0.3) is 0 Å². The van der Waals surface area contributed by atoms with Crippen molar-refractivity contribution in [1.82, 2.24) is 0 Å². The third-order valence-electron chi connectivity index (χ3n) is 2.65. The van der Waals surface area contributed by atoms with Crippen molar-refractivity contribution in [3.05, 3.63) is 49.1 Å². The number of nitrogens with zero attached hydrogens (tertiary/aromatic N) is 2. The average Bonchev–Trinajstić information content (AvgIpc) is 2.74. The Bertz CT molecular complexity index is 615. The molecule has 0 aliphatic heterocycles. The number of nitrogen functional groups attached to an aromatic ring is 1. The number of hydrogen-bond donors (Lipinski definition) is 1. The molecule has 0 aliphatic rings. The van der Waals surface area contributed by atoms with Crippen LogP contribution in [0.4, 0.5) is 17.1 Å². The van der Waals surface area contributed by atoms with Crippen molar-refractivity contribution in [2.45, 2.75) is 6.54 Å². The molecule has 7 heteroatoms. The molecule has 100 valence electrons. The molecule has 0 saturated carbocycles. The van der Waals surface area contributed by atoms with Gasteiger partial charge in [-0.1, -0.05) is 0 Å². The molecule has 0 fully saturated rings. The van der Waals surface area contributed by atoms with Gasteiger partial charge in [-0.3, -0.25) is 10.1 Å². The first-order valence-electron chi connectivity index (χ1n) is 5.45. The van der Waals surface area contributed by atoms with Crippen LogP contribution in [0.15, 0.2) is 34.1 Å². The molecule has 0 spiro atoms. The number of anilines is 2. The molecule has 2 N–H and O–H groups in total. The van der Waals surface area contributed by atoms with Crippen molar-refractivity contribution >= 4 is 44.3 Å². The molecular weight excluding hydrogens is 330 g/mol. The number of nitrogens with two attached hydrogens (primary N) is 1. The highest BCUT2D eigenvalue weighted by molar-refractivity contribution is 9.10. The molecule has 5 nitrogen and oxygen atoms in total. The number of halogens is 1. The summed E-state index contributed by atoms with van der Waals surface area (Å²) >= 11 is 5.06. The van der Waals surface area contributed by atoms with Gasteiger partial charge in [-0.2, -0.15) is 0 Å². The third-order valence-corrected chi connectivity index (χ3v) is 4.33. The van der Waals surface area contributed by atoms with E-state index in [1.165, 1.54) is 17.0 Å². The van der Waals surface area contributed by atoms with Crippen LogP contribution in [0.5, 0.6) is 0 Å². The van der Waals surface area contributed by atoms with Crippen molar-refractivity contribution in [3.8, 4) is 0 Å². The Kier molecular flexibility index (Phi) is 4.06. The summed E-state index contributed by atoms with van der Waals surface area (Å²) in [4.78, 5) is 13.4. The number of nitro benzene ring substituents is 1. The molecule has 19 heavy (non-hydrogen) atoms. The Morgan fingerprint density at radius 1 is 1.47 bits per heavy atom. The fraction of sp³-hybridized carbons (Fsp3) is 0.167. The normalized spacial score (nSPS) is 10.4. The molecule has 1 heterocycles. The average molecular weight is 342 g/mol. The highest BCUT2D eigenvalue weighted by Gasteiger charge is 2.12. The van der Waals surface area contributed by atoms with Crippen LogP contribution in [0.2, 0.25) is 0 Å². The second-order valence-electron chi connectivity index (χ2n) is 4.09. The molecule has 0 bridgehead atoms. The molecule has 0 saturated heterocycles. The molecule has 1 aromatic carbocycles. The van der Waals surface area contributed by atoms with E-state index in [0.717, 1.165) is 10.2 Å². The SMILES string of the molecule is CN(Cc1cc(Br)cs1)c1ccc([N+](=O)[O-])cc1N. The van der Waals surface area contributed by atoms with Gasteiger partial charge in [0.25, 0.3) is 5.69 Å². The van der Waals surface area contributed by atoms with Gasteiger partial charge in [0.1, 0.15) is 0 Å². The zero-order valence-electron chi connectivity index (χ0n) is 10.2. The van der Waals surface area contributed by atoms with Crippen LogP contribution in [0.1, 0.15) is 4.88 Å². The highest BCUT2D eigenvalue weighted by atomic mass is 79.9. The molecule has 0 unspecified atom stereocenters. The lowest BCUT2D eigenvalue weighted by Gasteiger charge is -2.20. The number of thiophene rings is 1. The van der Waals surface area contributed by atoms with Gasteiger partial charge < -0.3 is 10.6 Å². The fourth-order valence-electron chi connectivity index (χ4n) is 1.76. The van der Waals surface area contributed by atoms with Crippen LogP contribution in [0, 0.1) is 10.1 Å². The smallest absolute Gasteiger partial charge is 0.271 e. The Hall–Kier alpha value is -1.60. The summed E-state index contributed by atoms with van der Waals surface area (Å²) in [5.74, 6) is 0. The van der Waals surface area contributed by atoms with Gasteiger partial charge in [-0.15, -0.1) is 11.3 Å². The Morgan fingerprint density at radius 3 is 2.74 bits per heavy atom. The van der Waals surface area contributed by atoms with Crippen molar-refractivity contribution in [1.29, 1.82) is 0 Å². The highest BCUT2D eigenvalue weighted by Crippen LogP contribution is 2.29. The topological polar surface area (TPSA) is 72.4 Å². The molecule has 0 atom stereocenters. The van der Waals surface area contributed by atoms with Crippen LogP contribution in [0.3, 0.4) is 0 Å². The van der Waals surface area contributed by atoms with Crippen LogP contribution in [-0.4, -0.2) is 12.0 Å². The van der Waals surface area contributed by atoms with Crippen molar-refractivity contribution in [3.63, 3.8) is 0 Å². The fourth-order valence-corrected chi connectivity index (χ4v) is 3.26. The van der Waals surface area contributed by atoms with E-state index in [1.807, 2.05) is 23.4 Å². The molecular formula is C12H12BrN3O2S. The first kappa shape index (κ1) is 13.8. The standard InChI is InChI=1S/C12H12BrN3O2S/c1-15(6-10-4-8(13)7-19-10)12-3-2-9(16(17)18)5-11(12)14/h2-5,7H,6,14H2,1H3. The van der Waals surface area contributed by atoms with Gasteiger partial charge in [0.2, 0.25) is 0 Å². The minimum Gasteiger partial charge on any atom is -0.397 e. The van der Waals surface area contributed by atoms with Crippen molar-refractivity contribution in [2.75, 3.05) is 17.7 Å². The first-order chi connectivity index (χ1) is 8.97. The minimum absolute atomic E-state index is 0.00789. The number of hydrogen-bond acceptors (Lipinski definition) is 5. The van der Waals surface area contributed by atoms with Gasteiger partial charge in [-0.05, 0) is 28.1 Å². The molecule has 0 radical (unpaired) electrons. The Balaban J connectivity index is 2.19. The minimum atomic E-state index is -0.448. The zero-order chi connectivity index (χ0) is 14.0. The maximum Gasteiger partial charge on any atom is 0.271 e. The summed E-state index contributed by atoms with van der Waals surface area (Å²) in [5.41, 5.74) is 7.07. The second-order valence-corrected chi connectivity index (χ2v) is 6.00. The predicted molar refractivity (Wildman–Crippen MR) is 81.6 cm³/mol. The molecule has 1 aromatic heterocycles. The molecule has 0 aliphatic carbocycles. The molecule has 2 rings (SSSR count). The summed E-state index contributed by atoms with van der Waals surface area (Å²) in [5, 5.41) is 12.7. The van der Waals surface area contributed by atoms with E-state index >= 15 is 0 Å². The maximum absolute atomic E-state index is 10.7. The van der Waals surface area contributed by atoms with E-state index in [0.29, 0.717) is 12.2 Å². The lowest BCUT2D eigenvalue weighted by atomic mass is 10.2.